The molecule has 1 unspecified atom stereocenters. The molecule has 6 heteroatoms. The van der Waals surface area contributed by atoms with Gasteiger partial charge in [0.05, 0.1) is 6.20 Å². The Kier molecular flexibility index (Phi) is 1.91. The molecule has 1 aromatic rings. The summed E-state index contributed by atoms with van der Waals surface area (Å²) < 4.78 is 38.4. The third-order valence-corrected chi connectivity index (χ3v) is 3.41. The molecule has 0 fully saturated rings. The molecule has 0 radical (unpaired) electrons. The van der Waals surface area contributed by atoms with E-state index >= 15 is 0 Å². The summed E-state index contributed by atoms with van der Waals surface area (Å²) in [6.07, 6.45) is 1.76. The maximum Gasteiger partial charge on any atom is 0.173 e. The first kappa shape index (κ1) is 8.43. The fourth-order valence-electron chi connectivity index (χ4n) is 1.00. The lowest BCUT2D eigenvalue weighted by atomic mass is 10.6. The van der Waals surface area contributed by atoms with Crippen LogP contribution < -0.4 is 0 Å². The van der Waals surface area contributed by atoms with Crippen molar-refractivity contribution >= 4 is 10.9 Å². The SMILES string of the molecule is FC1=C[SH](c2n[nH]cc2F)C(F)=C1. The molecule has 0 saturated heterocycles. The Morgan fingerprint density at radius 3 is 2.54 bits per heavy atom. The second kappa shape index (κ2) is 2.95. The van der Waals surface area contributed by atoms with Gasteiger partial charge in [0.15, 0.2) is 5.82 Å². The van der Waals surface area contributed by atoms with Crippen molar-refractivity contribution in [3.8, 4) is 0 Å². The first-order valence-electron chi connectivity index (χ1n) is 3.41. The van der Waals surface area contributed by atoms with Crippen LogP contribution in [0.15, 0.2) is 33.7 Å². The summed E-state index contributed by atoms with van der Waals surface area (Å²) in [5.74, 6) is -1.31. The standard InChI is InChI=1S/C7H5F3N2S/c8-4-1-6(10)13(3-4)7-5(9)2-11-12-7/h1-3,13H,(H,11,12). The molecular formula is C7H5F3N2S. The van der Waals surface area contributed by atoms with Crippen molar-refractivity contribution in [1.29, 1.82) is 0 Å². The normalized spacial score (nSPS) is 24.4. The maximum absolute atomic E-state index is 13.0. The van der Waals surface area contributed by atoms with Crippen molar-refractivity contribution in [2.75, 3.05) is 0 Å². The molecule has 0 saturated carbocycles. The van der Waals surface area contributed by atoms with E-state index in [1.165, 1.54) is 0 Å². The summed E-state index contributed by atoms with van der Waals surface area (Å²) in [5, 5.41) is 6.09. The zero-order chi connectivity index (χ0) is 9.42. The molecule has 1 atom stereocenters. The lowest BCUT2D eigenvalue weighted by Crippen LogP contribution is -1.82. The largest absolute Gasteiger partial charge is 0.282 e. The fourth-order valence-corrected chi connectivity index (χ4v) is 2.50. The molecule has 0 amide bonds. The van der Waals surface area contributed by atoms with E-state index in [0.29, 0.717) is 0 Å². The molecule has 0 spiro atoms. The Labute approximate surface area is 74.5 Å². The van der Waals surface area contributed by atoms with Gasteiger partial charge in [0.2, 0.25) is 0 Å². The molecule has 1 aliphatic rings. The van der Waals surface area contributed by atoms with Crippen LogP contribution in [0.25, 0.3) is 0 Å². The Morgan fingerprint density at radius 1 is 1.31 bits per heavy atom. The molecule has 70 valence electrons. The van der Waals surface area contributed by atoms with E-state index in [4.69, 9.17) is 0 Å². The van der Waals surface area contributed by atoms with Gasteiger partial charge in [0, 0.05) is 6.08 Å². The van der Waals surface area contributed by atoms with E-state index in [0.717, 1.165) is 17.7 Å². The number of halogens is 3. The minimum absolute atomic E-state index is 0.0589. The number of rotatable bonds is 1. The van der Waals surface area contributed by atoms with Crippen LogP contribution in [0, 0.1) is 5.82 Å². The number of hydrogen-bond acceptors (Lipinski definition) is 1. The van der Waals surface area contributed by atoms with Crippen LogP contribution in [0.2, 0.25) is 0 Å². The van der Waals surface area contributed by atoms with Gasteiger partial charge in [0.25, 0.3) is 0 Å². The molecule has 2 nitrogen and oxygen atoms in total. The molecule has 0 aliphatic carbocycles. The Bertz CT molecular complexity index is 396. The number of aromatic nitrogens is 2. The van der Waals surface area contributed by atoms with Gasteiger partial charge in [-0.05, 0) is 5.41 Å². The van der Waals surface area contributed by atoms with E-state index in [-0.39, 0.29) is 5.03 Å². The van der Waals surface area contributed by atoms with Gasteiger partial charge in [-0.2, -0.15) is 5.10 Å². The zero-order valence-electron chi connectivity index (χ0n) is 6.26. The summed E-state index contributed by atoms with van der Waals surface area (Å²) in [7, 11) is -1.68. The second-order valence-corrected chi connectivity index (χ2v) is 4.26. The summed E-state index contributed by atoms with van der Waals surface area (Å²) >= 11 is 0. The number of nitrogens with one attached hydrogen (secondary N) is 1. The summed E-state index contributed by atoms with van der Waals surface area (Å²) in [4.78, 5) is 0. The monoisotopic (exact) mass is 206 g/mol. The van der Waals surface area contributed by atoms with Gasteiger partial charge >= 0.3 is 0 Å². The number of nitrogens with zero attached hydrogens (tertiary/aromatic N) is 1. The van der Waals surface area contributed by atoms with Gasteiger partial charge in [-0.3, -0.25) is 5.10 Å². The van der Waals surface area contributed by atoms with E-state index in [9.17, 15) is 13.2 Å². The molecule has 13 heavy (non-hydrogen) atoms. The van der Waals surface area contributed by atoms with Gasteiger partial charge in [0.1, 0.15) is 16.0 Å². The fraction of sp³-hybridized carbons (Fsp3) is 0. The van der Waals surface area contributed by atoms with Crippen LogP contribution in [0.5, 0.6) is 0 Å². The molecule has 0 aromatic carbocycles. The molecule has 2 rings (SSSR count). The van der Waals surface area contributed by atoms with E-state index in [1.807, 2.05) is 0 Å². The van der Waals surface area contributed by atoms with Crippen LogP contribution in [0.3, 0.4) is 0 Å². The van der Waals surface area contributed by atoms with Crippen molar-refractivity contribution in [2.24, 2.45) is 0 Å². The molecule has 2 heterocycles. The number of H-pyrrole nitrogens is 1. The van der Waals surface area contributed by atoms with Gasteiger partial charge in [-0.15, -0.1) is 10.9 Å². The predicted molar refractivity (Wildman–Crippen MR) is 44.2 cm³/mol. The van der Waals surface area contributed by atoms with Gasteiger partial charge < -0.3 is 0 Å². The molecular weight excluding hydrogens is 201 g/mol. The van der Waals surface area contributed by atoms with Crippen LogP contribution in [0.4, 0.5) is 13.2 Å². The summed E-state index contributed by atoms with van der Waals surface area (Å²) in [5.41, 5.74) is 0. The van der Waals surface area contributed by atoms with Crippen LogP contribution in [-0.2, 0) is 0 Å². The first-order chi connectivity index (χ1) is 6.18. The quantitative estimate of drug-likeness (QED) is 0.679. The average Bonchev–Trinajstić information content (AvgIpc) is 2.58. The highest BCUT2D eigenvalue weighted by atomic mass is 32.2. The lowest BCUT2D eigenvalue weighted by Gasteiger charge is -2.06. The number of thiol groups is 1. The number of aromatic amines is 1. The van der Waals surface area contributed by atoms with Crippen LogP contribution in [-0.4, -0.2) is 10.2 Å². The third kappa shape index (κ3) is 1.37. The highest BCUT2D eigenvalue weighted by molar-refractivity contribution is 8.22. The highest BCUT2D eigenvalue weighted by Crippen LogP contribution is 2.50. The topological polar surface area (TPSA) is 28.7 Å². The van der Waals surface area contributed by atoms with Crippen LogP contribution >= 0.6 is 10.9 Å². The molecule has 1 N–H and O–H groups in total. The third-order valence-electron chi connectivity index (χ3n) is 1.54. The predicted octanol–water partition coefficient (Wildman–Crippen LogP) is 2.54. The second-order valence-electron chi connectivity index (χ2n) is 2.41. The minimum Gasteiger partial charge on any atom is -0.282 e. The van der Waals surface area contributed by atoms with E-state index in [1.54, 1.807) is 0 Å². The van der Waals surface area contributed by atoms with Gasteiger partial charge in [-0.25, -0.2) is 13.2 Å². The molecule has 1 aromatic heterocycles. The Balaban J connectivity index is 2.40. The summed E-state index contributed by atoms with van der Waals surface area (Å²) in [6.45, 7) is 0. The number of allylic oxidation sites excluding steroid dienone is 2. The lowest BCUT2D eigenvalue weighted by molar-refractivity contribution is 0.599. The van der Waals surface area contributed by atoms with Crippen LogP contribution in [0.1, 0.15) is 0 Å². The van der Waals surface area contributed by atoms with Crippen molar-refractivity contribution in [3.05, 3.63) is 34.5 Å². The minimum atomic E-state index is -1.68. The van der Waals surface area contributed by atoms with Crippen molar-refractivity contribution in [2.45, 2.75) is 5.03 Å². The Morgan fingerprint density at radius 2 is 2.08 bits per heavy atom. The zero-order valence-corrected chi connectivity index (χ0v) is 7.15. The first-order valence-corrected chi connectivity index (χ1v) is 4.82. The van der Waals surface area contributed by atoms with Crippen molar-refractivity contribution in [1.82, 2.24) is 10.2 Å². The van der Waals surface area contributed by atoms with E-state index in [2.05, 4.69) is 10.2 Å². The summed E-state index contributed by atoms with van der Waals surface area (Å²) in [6, 6.07) is 0. The van der Waals surface area contributed by atoms with Crippen molar-refractivity contribution < 1.29 is 13.2 Å². The molecule has 1 aliphatic heterocycles. The van der Waals surface area contributed by atoms with E-state index < -0.39 is 27.7 Å². The highest BCUT2D eigenvalue weighted by Gasteiger charge is 2.22. The van der Waals surface area contributed by atoms with Crippen molar-refractivity contribution in [3.63, 3.8) is 0 Å². The Hall–Kier alpha value is -1.17. The maximum atomic E-state index is 13.0. The molecule has 0 bridgehead atoms. The number of hydrogen-bond donors (Lipinski definition) is 2. The van der Waals surface area contributed by atoms with Gasteiger partial charge in [-0.1, -0.05) is 0 Å². The average molecular weight is 206 g/mol. The smallest absolute Gasteiger partial charge is 0.173 e.